The zero-order valence-electron chi connectivity index (χ0n) is 15.1. The lowest BCUT2D eigenvalue weighted by Gasteiger charge is -2.20. The zero-order valence-corrected chi connectivity index (χ0v) is 15.1. The van der Waals surface area contributed by atoms with Crippen molar-refractivity contribution >= 4 is 11.7 Å². The van der Waals surface area contributed by atoms with Crippen LogP contribution in [0.25, 0.3) is 0 Å². The number of aryl methyl sites for hydroxylation is 1. The van der Waals surface area contributed by atoms with Crippen LogP contribution in [0.3, 0.4) is 0 Å². The van der Waals surface area contributed by atoms with Gasteiger partial charge in [-0.1, -0.05) is 11.6 Å². The lowest BCUT2D eigenvalue weighted by Crippen LogP contribution is -2.33. The van der Waals surface area contributed by atoms with Crippen molar-refractivity contribution < 1.29 is 31.1 Å². The number of amides is 1. The van der Waals surface area contributed by atoms with Crippen LogP contribution < -0.4 is 5.32 Å². The van der Waals surface area contributed by atoms with Crippen LogP contribution in [-0.4, -0.2) is 40.1 Å². The summed E-state index contributed by atoms with van der Waals surface area (Å²) in [4.78, 5) is 13.9. The number of anilines is 1. The fourth-order valence-corrected chi connectivity index (χ4v) is 3.08. The van der Waals surface area contributed by atoms with E-state index in [1.54, 1.807) is 6.92 Å². The zero-order chi connectivity index (χ0) is 21.4. The van der Waals surface area contributed by atoms with Crippen molar-refractivity contribution in [2.75, 3.05) is 18.4 Å². The third-order valence-corrected chi connectivity index (χ3v) is 4.49. The van der Waals surface area contributed by atoms with Gasteiger partial charge in [-0.05, 0) is 37.6 Å². The molecule has 0 unspecified atom stereocenters. The lowest BCUT2D eigenvalue weighted by molar-refractivity contribution is -0.141. The SMILES string of the molecule is Cc1ccc(C(F)(F)F)c(C(=O)N2CC[C@@H](Nc3ccc(C(F)(F)F)nn3)C2)c1. The van der Waals surface area contributed by atoms with Crippen LogP contribution in [0.15, 0.2) is 30.3 Å². The molecule has 0 radical (unpaired) electrons. The molecule has 1 amide bonds. The number of hydrogen-bond donors (Lipinski definition) is 1. The molecule has 1 atom stereocenters. The Bertz CT molecular complexity index is 895. The summed E-state index contributed by atoms with van der Waals surface area (Å²) < 4.78 is 77.3. The van der Waals surface area contributed by atoms with E-state index in [-0.39, 0.29) is 24.9 Å². The minimum atomic E-state index is -4.66. The first-order chi connectivity index (χ1) is 13.4. The number of aromatic nitrogens is 2. The number of nitrogens with one attached hydrogen (secondary N) is 1. The molecule has 1 N–H and O–H groups in total. The number of nitrogens with zero attached hydrogens (tertiary/aromatic N) is 3. The van der Waals surface area contributed by atoms with Crippen molar-refractivity contribution in [3.63, 3.8) is 0 Å². The number of halogens is 6. The van der Waals surface area contributed by atoms with Crippen LogP contribution in [0.5, 0.6) is 0 Å². The first-order valence-electron chi connectivity index (χ1n) is 8.60. The van der Waals surface area contributed by atoms with Gasteiger partial charge in [-0.3, -0.25) is 4.79 Å². The van der Waals surface area contributed by atoms with Gasteiger partial charge in [0.15, 0.2) is 5.69 Å². The van der Waals surface area contributed by atoms with Gasteiger partial charge in [0.2, 0.25) is 0 Å². The van der Waals surface area contributed by atoms with Crippen LogP contribution in [0.1, 0.15) is 33.6 Å². The smallest absolute Gasteiger partial charge is 0.364 e. The van der Waals surface area contributed by atoms with Gasteiger partial charge in [0.1, 0.15) is 5.82 Å². The quantitative estimate of drug-likeness (QED) is 0.761. The summed E-state index contributed by atoms with van der Waals surface area (Å²) in [6, 6.07) is 4.89. The standard InChI is InChI=1S/C18H16F6N4O/c1-10-2-3-13(17(19,20)21)12(8-10)16(29)28-7-6-11(9-28)25-15-5-4-14(26-27-15)18(22,23)24/h2-5,8,11H,6-7,9H2,1H3,(H,25,27)/t11-/m1/s1. The van der Waals surface area contributed by atoms with Gasteiger partial charge < -0.3 is 10.2 Å². The molecule has 5 nitrogen and oxygen atoms in total. The average molecular weight is 418 g/mol. The second-order valence-electron chi connectivity index (χ2n) is 6.73. The lowest BCUT2D eigenvalue weighted by atomic mass is 10.0. The fraction of sp³-hybridized carbons (Fsp3) is 0.389. The van der Waals surface area contributed by atoms with Gasteiger partial charge in [0.25, 0.3) is 5.91 Å². The minimum absolute atomic E-state index is 0.0869. The maximum absolute atomic E-state index is 13.2. The molecule has 2 aromatic rings. The highest BCUT2D eigenvalue weighted by Crippen LogP contribution is 2.33. The van der Waals surface area contributed by atoms with E-state index in [9.17, 15) is 31.1 Å². The molecule has 29 heavy (non-hydrogen) atoms. The number of carbonyl (C=O) groups excluding carboxylic acids is 1. The predicted molar refractivity (Wildman–Crippen MR) is 91.1 cm³/mol. The van der Waals surface area contributed by atoms with E-state index in [2.05, 4.69) is 15.5 Å². The van der Waals surface area contributed by atoms with Crippen molar-refractivity contribution in [3.8, 4) is 0 Å². The number of rotatable bonds is 3. The molecule has 0 spiro atoms. The van der Waals surface area contributed by atoms with E-state index >= 15 is 0 Å². The summed E-state index contributed by atoms with van der Waals surface area (Å²) in [5.41, 5.74) is -2.04. The number of benzene rings is 1. The van der Waals surface area contributed by atoms with Gasteiger partial charge >= 0.3 is 12.4 Å². The fourth-order valence-electron chi connectivity index (χ4n) is 3.08. The molecule has 3 rings (SSSR count). The Morgan fingerprint density at radius 2 is 1.79 bits per heavy atom. The molecular formula is C18H16F6N4O. The monoisotopic (exact) mass is 418 g/mol. The van der Waals surface area contributed by atoms with E-state index in [1.165, 1.54) is 17.0 Å². The summed E-state index contributed by atoms with van der Waals surface area (Å²) in [5, 5.41) is 9.42. The Kier molecular flexibility index (Phi) is 5.42. The van der Waals surface area contributed by atoms with Crippen LogP contribution in [-0.2, 0) is 12.4 Å². The molecule has 2 heterocycles. The number of alkyl halides is 6. The Morgan fingerprint density at radius 3 is 2.38 bits per heavy atom. The molecule has 1 aromatic carbocycles. The third kappa shape index (κ3) is 4.77. The largest absolute Gasteiger partial charge is 0.435 e. The van der Waals surface area contributed by atoms with Crippen LogP contribution in [0.4, 0.5) is 32.2 Å². The summed E-state index contributed by atoms with van der Waals surface area (Å²) >= 11 is 0. The average Bonchev–Trinajstić information content (AvgIpc) is 3.08. The molecule has 1 saturated heterocycles. The van der Waals surface area contributed by atoms with Crippen LogP contribution in [0, 0.1) is 6.92 Å². The van der Waals surface area contributed by atoms with Gasteiger partial charge in [0, 0.05) is 19.1 Å². The Balaban J connectivity index is 1.70. The van der Waals surface area contributed by atoms with E-state index in [4.69, 9.17) is 0 Å². The highest BCUT2D eigenvalue weighted by Gasteiger charge is 2.38. The molecule has 0 aliphatic carbocycles. The van der Waals surface area contributed by atoms with Crippen molar-refractivity contribution in [2.45, 2.75) is 31.7 Å². The van der Waals surface area contributed by atoms with Crippen LogP contribution in [0.2, 0.25) is 0 Å². The normalized spacial score (nSPS) is 17.5. The maximum Gasteiger partial charge on any atom is 0.435 e. The van der Waals surface area contributed by atoms with E-state index in [0.717, 1.165) is 18.2 Å². The third-order valence-electron chi connectivity index (χ3n) is 4.49. The van der Waals surface area contributed by atoms with Crippen molar-refractivity contribution in [1.29, 1.82) is 0 Å². The number of carbonyl (C=O) groups is 1. The topological polar surface area (TPSA) is 58.1 Å². The molecule has 1 aliphatic heterocycles. The number of hydrogen-bond acceptors (Lipinski definition) is 4. The van der Waals surface area contributed by atoms with Crippen molar-refractivity contribution in [2.24, 2.45) is 0 Å². The summed E-state index contributed by atoms with van der Waals surface area (Å²) in [6.07, 6.45) is -8.86. The Labute approximate surface area is 161 Å². The molecule has 1 fully saturated rings. The van der Waals surface area contributed by atoms with E-state index in [1.807, 2.05) is 0 Å². The number of likely N-dealkylation sites (tertiary alicyclic amines) is 1. The van der Waals surface area contributed by atoms with Gasteiger partial charge in [-0.25, -0.2) is 0 Å². The second kappa shape index (κ2) is 7.53. The maximum atomic E-state index is 13.2. The van der Waals surface area contributed by atoms with E-state index < -0.39 is 35.1 Å². The molecule has 0 saturated carbocycles. The highest BCUT2D eigenvalue weighted by atomic mass is 19.4. The Morgan fingerprint density at radius 1 is 1.07 bits per heavy atom. The van der Waals surface area contributed by atoms with Crippen molar-refractivity contribution in [3.05, 3.63) is 52.7 Å². The first-order valence-corrected chi connectivity index (χ1v) is 8.60. The van der Waals surface area contributed by atoms with Gasteiger partial charge in [-0.15, -0.1) is 10.2 Å². The molecular weight excluding hydrogens is 402 g/mol. The molecule has 1 aromatic heterocycles. The summed E-state index contributed by atoms with van der Waals surface area (Å²) in [6.45, 7) is 1.89. The molecule has 0 bridgehead atoms. The second-order valence-corrected chi connectivity index (χ2v) is 6.73. The Hall–Kier alpha value is -2.85. The van der Waals surface area contributed by atoms with E-state index in [0.29, 0.717) is 12.0 Å². The molecule has 156 valence electrons. The first kappa shape index (κ1) is 20.9. The summed E-state index contributed by atoms with van der Waals surface area (Å²) in [5.74, 6) is -0.660. The molecule has 11 heteroatoms. The molecule has 1 aliphatic rings. The van der Waals surface area contributed by atoms with Gasteiger partial charge in [0.05, 0.1) is 11.1 Å². The predicted octanol–water partition coefficient (Wildman–Crippen LogP) is 4.15. The highest BCUT2D eigenvalue weighted by molar-refractivity contribution is 5.96. The van der Waals surface area contributed by atoms with Crippen LogP contribution >= 0.6 is 0 Å². The minimum Gasteiger partial charge on any atom is -0.364 e. The van der Waals surface area contributed by atoms with Crippen molar-refractivity contribution in [1.82, 2.24) is 15.1 Å². The van der Waals surface area contributed by atoms with Gasteiger partial charge in [-0.2, -0.15) is 26.3 Å². The summed E-state index contributed by atoms with van der Waals surface area (Å²) in [7, 11) is 0.